The highest BCUT2D eigenvalue weighted by molar-refractivity contribution is 6.06. The molecular formula is C14H27N3O2. The summed E-state index contributed by atoms with van der Waals surface area (Å²) < 4.78 is 0. The SMILES string of the molecule is CCC(CC)(C(=O)N(C)C1CCCCC1)C(N)=NO. The zero-order valence-corrected chi connectivity index (χ0v) is 12.4. The Morgan fingerprint density at radius 1 is 1.32 bits per heavy atom. The maximum Gasteiger partial charge on any atom is 0.236 e. The van der Waals surface area contributed by atoms with Gasteiger partial charge in [0.05, 0.1) is 0 Å². The van der Waals surface area contributed by atoms with E-state index >= 15 is 0 Å². The van der Waals surface area contributed by atoms with E-state index in [9.17, 15) is 4.79 Å². The van der Waals surface area contributed by atoms with E-state index in [1.54, 1.807) is 0 Å². The molecule has 1 saturated carbocycles. The van der Waals surface area contributed by atoms with Crippen molar-refractivity contribution in [1.29, 1.82) is 0 Å². The van der Waals surface area contributed by atoms with Crippen LogP contribution in [0.1, 0.15) is 58.8 Å². The molecule has 3 N–H and O–H groups in total. The fourth-order valence-corrected chi connectivity index (χ4v) is 3.09. The van der Waals surface area contributed by atoms with Crippen molar-refractivity contribution in [1.82, 2.24) is 4.90 Å². The highest BCUT2D eigenvalue weighted by Crippen LogP contribution is 2.32. The van der Waals surface area contributed by atoms with Crippen LogP contribution < -0.4 is 5.73 Å². The molecule has 0 aromatic heterocycles. The first-order valence-electron chi connectivity index (χ1n) is 7.28. The third-order valence-electron chi connectivity index (χ3n) is 4.66. The fraction of sp³-hybridized carbons (Fsp3) is 0.857. The Labute approximate surface area is 115 Å². The van der Waals surface area contributed by atoms with Crippen LogP contribution in [0.15, 0.2) is 5.16 Å². The maximum atomic E-state index is 12.8. The van der Waals surface area contributed by atoms with Crippen molar-refractivity contribution in [3.63, 3.8) is 0 Å². The number of carbonyl (C=O) groups is 1. The normalized spacial score (nSPS) is 18.4. The summed E-state index contributed by atoms with van der Waals surface area (Å²) in [7, 11) is 1.85. The van der Waals surface area contributed by atoms with Crippen molar-refractivity contribution in [3.8, 4) is 0 Å². The number of amidine groups is 1. The summed E-state index contributed by atoms with van der Waals surface area (Å²) in [6, 6.07) is 0.296. The number of amides is 1. The van der Waals surface area contributed by atoms with Crippen molar-refractivity contribution in [3.05, 3.63) is 0 Å². The molecule has 0 atom stereocenters. The first-order chi connectivity index (χ1) is 9.03. The molecule has 110 valence electrons. The molecule has 19 heavy (non-hydrogen) atoms. The van der Waals surface area contributed by atoms with E-state index in [4.69, 9.17) is 10.9 Å². The van der Waals surface area contributed by atoms with Crippen LogP contribution in [-0.2, 0) is 4.79 Å². The average Bonchev–Trinajstić information content (AvgIpc) is 2.48. The van der Waals surface area contributed by atoms with E-state index in [0.717, 1.165) is 12.8 Å². The van der Waals surface area contributed by atoms with Crippen molar-refractivity contribution in [2.24, 2.45) is 16.3 Å². The van der Waals surface area contributed by atoms with Gasteiger partial charge in [0.1, 0.15) is 5.41 Å². The van der Waals surface area contributed by atoms with Gasteiger partial charge in [0.15, 0.2) is 5.84 Å². The molecule has 1 rings (SSSR count). The van der Waals surface area contributed by atoms with Crippen LogP contribution in [0.5, 0.6) is 0 Å². The summed E-state index contributed by atoms with van der Waals surface area (Å²) >= 11 is 0. The average molecular weight is 269 g/mol. The highest BCUT2D eigenvalue weighted by Gasteiger charge is 2.43. The second-order valence-corrected chi connectivity index (χ2v) is 5.48. The molecule has 5 heteroatoms. The molecular weight excluding hydrogens is 242 g/mol. The van der Waals surface area contributed by atoms with Crippen LogP contribution in [0.4, 0.5) is 0 Å². The van der Waals surface area contributed by atoms with E-state index in [1.165, 1.54) is 19.3 Å². The van der Waals surface area contributed by atoms with Gasteiger partial charge in [-0.2, -0.15) is 0 Å². The lowest BCUT2D eigenvalue weighted by Gasteiger charge is -2.38. The van der Waals surface area contributed by atoms with Crippen molar-refractivity contribution >= 4 is 11.7 Å². The standard InChI is InChI=1S/C14H27N3O2/c1-4-14(5-2,12(15)16-19)13(18)17(3)11-9-7-6-8-10-11/h11,19H,4-10H2,1-3H3,(H2,15,16). The fourth-order valence-electron chi connectivity index (χ4n) is 3.09. The predicted octanol–water partition coefficient (Wildman–Crippen LogP) is 2.33. The summed E-state index contributed by atoms with van der Waals surface area (Å²) in [5.74, 6) is 0.0184. The van der Waals surface area contributed by atoms with Gasteiger partial charge in [-0.25, -0.2) is 0 Å². The van der Waals surface area contributed by atoms with E-state index in [0.29, 0.717) is 18.9 Å². The second kappa shape index (κ2) is 6.78. The van der Waals surface area contributed by atoms with Crippen molar-refractivity contribution in [2.75, 3.05) is 7.05 Å². The number of nitrogens with two attached hydrogens (primary N) is 1. The molecule has 0 unspecified atom stereocenters. The molecule has 1 aliphatic rings. The van der Waals surface area contributed by atoms with Crippen LogP contribution in [0, 0.1) is 5.41 Å². The zero-order chi connectivity index (χ0) is 14.5. The number of carbonyl (C=O) groups excluding carboxylic acids is 1. The van der Waals surface area contributed by atoms with Gasteiger partial charge < -0.3 is 15.8 Å². The lowest BCUT2D eigenvalue weighted by atomic mass is 9.79. The molecule has 0 spiro atoms. The number of oxime groups is 1. The third-order valence-corrected chi connectivity index (χ3v) is 4.66. The van der Waals surface area contributed by atoms with Crippen LogP contribution in [0.2, 0.25) is 0 Å². The molecule has 0 saturated heterocycles. The zero-order valence-electron chi connectivity index (χ0n) is 12.4. The van der Waals surface area contributed by atoms with Gasteiger partial charge in [-0.1, -0.05) is 38.3 Å². The number of rotatable bonds is 5. The summed E-state index contributed by atoms with van der Waals surface area (Å²) in [4.78, 5) is 14.6. The van der Waals surface area contributed by atoms with E-state index < -0.39 is 5.41 Å². The lowest BCUT2D eigenvalue weighted by Crippen LogP contribution is -2.52. The van der Waals surface area contributed by atoms with Gasteiger partial charge in [0.25, 0.3) is 0 Å². The molecule has 0 heterocycles. The summed E-state index contributed by atoms with van der Waals surface area (Å²) in [5.41, 5.74) is 4.93. The van der Waals surface area contributed by atoms with Crippen molar-refractivity contribution < 1.29 is 10.0 Å². The smallest absolute Gasteiger partial charge is 0.236 e. The highest BCUT2D eigenvalue weighted by atomic mass is 16.4. The Kier molecular flexibility index (Phi) is 5.63. The Bertz CT molecular complexity index is 332. The minimum atomic E-state index is -0.860. The Morgan fingerprint density at radius 2 is 1.84 bits per heavy atom. The largest absolute Gasteiger partial charge is 0.409 e. The van der Waals surface area contributed by atoms with E-state index in [2.05, 4.69) is 5.16 Å². The van der Waals surface area contributed by atoms with Crippen LogP contribution in [0.25, 0.3) is 0 Å². The van der Waals surface area contributed by atoms with E-state index in [1.807, 2.05) is 25.8 Å². The quantitative estimate of drug-likeness (QED) is 0.348. The minimum absolute atomic E-state index is 0.0142. The van der Waals surface area contributed by atoms with Gasteiger partial charge >= 0.3 is 0 Å². The summed E-state index contributed by atoms with van der Waals surface area (Å²) in [6.45, 7) is 3.82. The molecule has 0 bridgehead atoms. The molecule has 0 aromatic rings. The molecule has 1 amide bonds. The van der Waals surface area contributed by atoms with Gasteiger partial charge in [0.2, 0.25) is 5.91 Å². The molecule has 1 aliphatic carbocycles. The third kappa shape index (κ3) is 3.01. The van der Waals surface area contributed by atoms with Crippen LogP contribution >= 0.6 is 0 Å². The van der Waals surface area contributed by atoms with Gasteiger partial charge in [-0.3, -0.25) is 4.79 Å². The summed E-state index contributed by atoms with van der Waals surface area (Å²) in [5, 5.41) is 12.1. The molecule has 0 radical (unpaired) electrons. The number of hydrogen-bond acceptors (Lipinski definition) is 3. The van der Waals surface area contributed by atoms with Gasteiger partial charge in [0, 0.05) is 13.1 Å². The minimum Gasteiger partial charge on any atom is -0.409 e. The number of nitrogens with zero attached hydrogens (tertiary/aromatic N) is 2. The Hall–Kier alpha value is -1.26. The maximum absolute atomic E-state index is 12.8. The van der Waals surface area contributed by atoms with Gasteiger partial charge in [-0.05, 0) is 25.7 Å². The number of hydrogen-bond donors (Lipinski definition) is 2. The molecule has 0 aromatic carbocycles. The van der Waals surface area contributed by atoms with Crippen LogP contribution in [-0.4, -0.2) is 34.9 Å². The van der Waals surface area contributed by atoms with Crippen molar-refractivity contribution in [2.45, 2.75) is 64.8 Å². The second-order valence-electron chi connectivity index (χ2n) is 5.48. The van der Waals surface area contributed by atoms with E-state index in [-0.39, 0.29) is 11.7 Å². The predicted molar refractivity (Wildman–Crippen MR) is 76.1 cm³/mol. The lowest BCUT2D eigenvalue weighted by molar-refractivity contribution is -0.140. The monoisotopic (exact) mass is 269 g/mol. The summed E-state index contributed by atoms with van der Waals surface area (Å²) in [6.07, 6.45) is 6.83. The first-order valence-corrected chi connectivity index (χ1v) is 7.28. The Morgan fingerprint density at radius 3 is 2.26 bits per heavy atom. The molecule has 1 fully saturated rings. The Balaban J connectivity index is 2.92. The molecule has 5 nitrogen and oxygen atoms in total. The molecule has 0 aliphatic heterocycles. The van der Waals surface area contributed by atoms with Gasteiger partial charge in [-0.15, -0.1) is 0 Å². The van der Waals surface area contributed by atoms with Crippen LogP contribution in [0.3, 0.4) is 0 Å². The first kappa shape index (κ1) is 15.8. The topological polar surface area (TPSA) is 78.9 Å².